The predicted octanol–water partition coefficient (Wildman–Crippen LogP) is 10.4. The number of anilines is 2. The lowest BCUT2D eigenvalue weighted by Crippen LogP contribution is -2.74. The van der Waals surface area contributed by atoms with Crippen molar-refractivity contribution in [3.8, 4) is 0 Å². The molecule has 0 heterocycles. The van der Waals surface area contributed by atoms with Crippen LogP contribution in [0, 0.1) is 39.3 Å². The highest BCUT2D eigenvalue weighted by atomic mass is 35.5. The van der Waals surface area contributed by atoms with Crippen LogP contribution in [0.1, 0.15) is 50.1 Å². The van der Waals surface area contributed by atoms with Crippen molar-refractivity contribution < 1.29 is 31.5 Å². The molecule has 2 atom stereocenters. The average molecular weight is 853 g/mol. The maximum Gasteiger partial charge on any atom is 0.416 e. The number of amides is 2. The fourth-order valence-electron chi connectivity index (χ4n) is 7.49. The molecule has 6 aromatic rings. The number of alkyl halides is 3. The number of halogens is 6. The summed E-state index contributed by atoms with van der Waals surface area (Å²) in [7, 11) is 0. The Morgan fingerprint density at radius 3 is 1.43 bits per heavy atom. The number of benzene rings is 6. The van der Waals surface area contributed by atoms with Crippen molar-refractivity contribution in [3.63, 3.8) is 0 Å². The summed E-state index contributed by atoms with van der Waals surface area (Å²) < 4.78 is 70.9. The summed E-state index contributed by atoms with van der Waals surface area (Å²) in [6, 6.07) is 33.7. The number of nitrogens with two attached hydrogens (primary N) is 2. The van der Waals surface area contributed by atoms with E-state index in [4.69, 9.17) is 23.1 Å². The van der Waals surface area contributed by atoms with Crippen LogP contribution in [-0.2, 0) is 39.7 Å². The van der Waals surface area contributed by atoms with Crippen molar-refractivity contribution in [2.24, 2.45) is 11.5 Å². The summed E-state index contributed by atoms with van der Waals surface area (Å²) in [5.41, 5.74) is 14.4. The van der Waals surface area contributed by atoms with Gasteiger partial charge < -0.3 is 21.3 Å². The van der Waals surface area contributed by atoms with Gasteiger partial charge >= 0.3 is 6.18 Å². The first-order chi connectivity index (χ1) is 28.8. The Morgan fingerprint density at radius 1 is 0.541 bits per heavy atom. The molecule has 0 saturated carbocycles. The predicted molar refractivity (Wildman–Crippen MR) is 231 cm³/mol. The van der Waals surface area contributed by atoms with E-state index >= 15 is 9.59 Å². The van der Waals surface area contributed by atoms with E-state index in [2.05, 4.69) is 0 Å². The first kappa shape index (κ1) is 44.7. The van der Waals surface area contributed by atoms with Crippen LogP contribution in [0.4, 0.5) is 33.3 Å². The van der Waals surface area contributed by atoms with E-state index in [0.717, 1.165) is 34.4 Å². The number of rotatable bonds is 13. The maximum absolute atomic E-state index is 15.9. The van der Waals surface area contributed by atoms with Crippen molar-refractivity contribution in [1.29, 1.82) is 0 Å². The van der Waals surface area contributed by atoms with Crippen molar-refractivity contribution in [3.05, 3.63) is 200 Å². The molecule has 0 fully saturated rings. The molecule has 12 heteroatoms. The molecule has 0 spiro atoms. The Kier molecular flexibility index (Phi) is 13.2. The minimum absolute atomic E-state index is 0.0195. The molecule has 4 N–H and O–H groups in total. The maximum atomic E-state index is 15.9. The van der Waals surface area contributed by atoms with E-state index in [1.165, 1.54) is 21.9 Å². The van der Waals surface area contributed by atoms with Gasteiger partial charge in [-0.15, -0.1) is 0 Å². The number of carbonyl (C=O) groups excluding carboxylic acids is 2. The second-order valence-corrected chi connectivity index (χ2v) is 15.8. The number of nitrogens with zero attached hydrogens (tertiary/aromatic N) is 2. The third-order valence-corrected chi connectivity index (χ3v) is 11.7. The third kappa shape index (κ3) is 9.24. The summed E-state index contributed by atoms with van der Waals surface area (Å²) in [5.74, 6) is -3.34. The number of hydrogen-bond donors (Lipinski definition) is 2. The van der Waals surface area contributed by atoms with Gasteiger partial charge in [0, 0.05) is 24.5 Å². The zero-order valence-electron chi connectivity index (χ0n) is 34.2. The fourth-order valence-corrected chi connectivity index (χ4v) is 7.60. The quantitative estimate of drug-likeness (QED) is 0.113. The number of hydrogen-bond acceptors (Lipinski definition) is 4. The number of aryl methyl sites for hydroxylation is 4. The van der Waals surface area contributed by atoms with Gasteiger partial charge in [-0.25, -0.2) is 8.78 Å². The zero-order valence-corrected chi connectivity index (χ0v) is 34.9. The van der Waals surface area contributed by atoms with Gasteiger partial charge in [-0.05, 0) is 140 Å². The highest BCUT2D eigenvalue weighted by Crippen LogP contribution is 2.42. The van der Waals surface area contributed by atoms with Gasteiger partial charge in [0.15, 0.2) is 11.1 Å². The number of carbonyl (C=O) groups is 2. The van der Waals surface area contributed by atoms with Crippen molar-refractivity contribution in [2.75, 3.05) is 22.9 Å². The highest BCUT2D eigenvalue weighted by molar-refractivity contribution is 6.30. The third-order valence-electron chi connectivity index (χ3n) is 11.4. The second-order valence-electron chi connectivity index (χ2n) is 15.4. The van der Waals surface area contributed by atoms with Crippen LogP contribution in [0.25, 0.3) is 0 Å². The molecule has 0 aliphatic rings. The smallest absolute Gasteiger partial charge is 0.311 e. The van der Waals surface area contributed by atoms with E-state index < -0.39 is 46.3 Å². The highest BCUT2D eigenvalue weighted by Gasteiger charge is 2.61. The van der Waals surface area contributed by atoms with Gasteiger partial charge in [-0.3, -0.25) is 9.59 Å². The minimum Gasteiger partial charge on any atom is -0.311 e. The minimum atomic E-state index is -4.82. The normalized spacial score (nSPS) is 13.6. The SMILES string of the molecule is Cc1ccc(N(CCc2cc(F)cc(C(F)(F)F)c2)C(=O)[C@](N)(c2ccccc2)[C@](N)(C(=O)N(CCc2ccc(Cl)c(F)c2)c2ccc(C)c(C)c2)c2ccccc2)cc1C. The second kappa shape index (κ2) is 18.0. The average Bonchev–Trinajstić information content (AvgIpc) is 3.24. The van der Waals surface area contributed by atoms with Crippen LogP contribution in [0.3, 0.4) is 0 Å². The lowest BCUT2D eigenvalue weighted by atomic mass is 9.67. The summed E-state index contributed by atoms with van der Waals surface area (Å²) in [6.07, 6.45) is -4.90. The summed E-state index contributed by atoms with van der Waals surface area (Å²) in [6.45, 7) is 7.22. The van der Waals surface area contributed by atoms with Gasteiger partial charge in [-0.1, -0.05) is 90.5 Å². The lowest BCUT2D eigenvalue weighted by Gasteiger charge is -2.48. The standard InChI is InChI=1S/C49H46ClF5N4O2/c1-31-15-18-41(25-33(31)3)58(23-21-35-17-20-43(50)44(52)29-35)45(60)47(56,37-11-7-5-8-12-37)48(57,38-13-9-6-10-14-38)46(61)59(42-19-16-32(2)34(4)26-42)24-22-36-27-39(49(53,54)55)30-40(51)28-36/h5-20,25-30H,21-24,56-57H2,1-4H3/t47-,48-/m1/s1. The Balaban J connectivity index is 1.57. The molecule has 6 aromatic carbocycles. The van der Waals surface area contributed by atoms with Crippen molar-refractivity contribution in [1.82, 2.24) is 0 Å². The van der Waals surface area contributed by atoms with E-state index in [0.29, 0.717) is 23.0 Å². The summed E-state index contributed by atoms with van der Waals surface area (Å²) in [4.78, 5) is 34.6. The molecule has 0 aliphatic carbocycles. The molecule has 0 radical (unpaired) electrons. The Hall–Kier alpha value is -5.88. The summed E-state index contributed by atoms with van der Waals surface area (Å²) >= 11 is 6.00. The van der Waals surface area contributed by atoms with Crippen LogP contribution < -0.4 is 21.3 Å². The van der Waals surface area contributed by atoms with E-state index in [9.17, 15) is 22.0 Å². The van der Waals surface area contributed by atoms with Crippen LogP contribution >= 0.6 is 11.6 Å². The molecule has 6 nitrogen and oxygen atoms in total. The Labute approximate surface area is 357 Å². The molecule has 0 bridgehead atoms. The first-order valence-corrected chi connectivity index (χ1v) is 20.0. The van der Waals surface area contributed by atoms with Crippen LogP contribution in [0.5, 0.6) is 0 Å². The molecule has 0 saturated heterocycles. The van der Waals surface area contributed by atoms with Crippen LogP contribution in [0.15, 0.2) is 133 Å². The molecule has 61 heavy (non-hydrogen) atoms. The Bertz CT molecular complexity index is 2550. The molecule has 0 aliphatic heterocycles. The van der Waals surface area contributed by atoms with Gasteiger partial charge in [-0.2, -0.15) is 13.2 Å². The molecule has 0 aromatic heterocycles. The zero-order chi connectivity index (χ0) is 44.3. The van der Waals surface area contributed by atoms with Gasteiger partial charge in [0.25, 0.3) is 11.8 Å². The molecule has 0 unspecified atom stereocenters. The van der Waals surface area contributed by atoms with Crippen LogP contribution in [0.2, 0.25) is 5.02 Å². The van der Waals surface area contributed by atoms with Gasteiger partial charge in [0.1, 0.15) is 11.6 Å². The lowest BCUT2D eigenvalue weighted by molar-refractivity contribution is -0.137. The fraction of sp³-hybridized carbons (Fsp3) is 0.224. The molecular formula is C49H46ClF5N4O2. The van der Waals surface area contributed by atoms with Crippen molar-refractivity contribution >= 4 is 34.8 Å². The topological polar surface area (TPSA) is 92.7 Å². The molecular weight excluding hydrogens is 807 g/mol. The van der Waals surface area contributed by atoms with Crippen molar-refractivity contribution in [2.45, 2.75) is 57.8 Å². The van der Waals surface area contributed by atoms with E-state index in [-0.39, 0.29) is 47.6 Å². The monoisotopic (exact) mass is 852 g/mol. The molecule has 6 rings (SSSR count). The largest absolute Gasteiger partial charge is 0.416 e. The first-order valence-electron chi connectivity index (χ1n) is 19.6. The van der Waals surface area contributed by atoms with Gasteiger partial charge in [0.2, 0.25) is 0 Å². The van der Waals surface area contributed by atoms with Crippen LogP contribution in [-0.4, -0.2) is 24.9 Å². The Morgan fingerprint density at radius 2 is 1.00 bits per heavy atom. The van der Waals surface area contributed by atoms with Gasteiger partial charge in [0.05, 0.1) is 10.6 Å². The summed E-state index contributed by atoms with van der Waals surface area (Å²) in [5, 5.41) is -0.0586. The van der Waals surface area contributed by atoms with E-state index in [1.807, 2.05) is 39.8 Å². The molecule has 2 amide bonds. The molecule has 316 valence electrons. The van der Waals surface area contributed by atoms with E-state index in [1.54, 1.807) is 91.0 Å².